The van der Waals surface area contributed by atoms with Crippen LogP contribution in [0.3, 0.4) is 0 Å². The Balaban J connectivity index is 2.10. The molecule has 0 radical (unpaired) electrons. The van der Waals surface area contributed by atoms with E-state index in [2.05, 4.69) is 15.6 Å². The van der Waals surface area contributed by atoms with E-state index in [9.17, 15) is 4.79 Å². The van der Waals surface area contributed by atoms with Crippen molar-refractivity contribution in [3.63, 3.8) is 0 Å². The average molecular weight is 320 g/mol. The molecule has 6 nitrogen and oxygen atoms in total. The number of carbonyl (C=O) groups excluding carboxylic acids is 1. The van der Waals surface area contributed by atoms with E-state index in [1.54, 1.807) is 23.7 Å². The molecule has 0 aliphatic heterocycles. The number of rotatable bonds is 4. The SMILES string of the molecule is N#C/C(=C/Nc1nccs1)C(=O)Nc1ccc(N)cc1Cl. The smallest absolute Gasteiger partial charge is 0.267 e. The molecule has 0 spiro atoms. The van der Waals surface area contributed by atoms with Gasteiger partial charge in [0.2, 0.25) is 0 Å². The van der Waals surface area contributed by atoms with Gasteiger partial charge in [-0.2, -0.15) is 5.26 Å². The summed E-state index contributed by atoms with van der Waals surface area (Å²) < 4.78 is 0. The van der Waals surface area contributed by atoms with Crippen LogP contribution >= 0.6 is 22.9 Å². The second kappa shape index (κ2) is 6.74. The molecule has 2 aromatic rings. The summed E-state index contributed by atoms with van der Waals surface area (Å²) in [6, 6.07) is 6.50. The van der Waals surface area contributed by atoms with Gasteiger partial charge in [-0.3, -0.25) is 4.79 Å². The van der Waals surface area contributed by atoms with Gasteiger partial charge in [0.1, 0.15) is 11.6 Å². The summed E-state index contributed by atoms with van der Waals surface area (Å²) in [5.74, 6) is -0.576. The van der Waals surface area contributed by atoms with Crippen LogP contribution < -0.4 is 16.4 Å². The van der Waals surface area contributed by atoms with Crippen molar-refractivity contribution < 1.29 is 4.79 Å². The minimum atomic E-state index is -0.576. The molecule has 0 saturated carbocycles. The van der Waals surface area contributed by atoms with Gasteiger partial charge in [-0.05, 0) is 18.2 Å². The number of nitriles is 1. The van der Waals surface area contributed by atoms with Crippen molar-refractivity contribution in [1.29, 1.82) is 5.26 Å². The third kappa shape index (κ3) is 3.95. The number of nitrogens with two attached hydrogens (primary N) is 1. The molecule has 0 unspecified atom stereocenters. The van der Waals surface area contributed by atoms with Crippen LogP contribution in [0.15, 0.2) is 41.5 Å². The Morgan fingerprint density at radius 2 is 2.33 bits per heavy atom. The number of aromatic nitrogens is 1. The van der Waals surface area contributed by atoms with Crippen LogP contribution in [0, 0.1) is 11.3 Å². The zero-order valence-electron chi connectivity index (χ0n) is 10.6. The van der Waals surface area contributed by atoms with Crippen LogP contribution in [0.1, 0.15) is 0 Å². The second-order valence-corrected chi connectivity index (χ2v) is 5.15. The summed E-state index contributed by atoms with van der Waals surface area (Å²) in [6.45, 7) is 0. The molecule has 1 aromatic carbocycles. The first-order chi connectivity index (χ1) is 10.1. The van der Waals surface area contributed by atoms with Crippen molar-refractivity contribution in [3.8, 4) is 6.07 Å². The van der Waals surface area contributed by atoms with Crippen molar-refractivity contribution in [3.05, 3.63) is 46.6 Å². The molecule has 1 aromatic heterocycles. The molecule has 0 fully saturated rings. The summed E-state index contributed by atoms with van der Waals surface area (Å²) >= 11 is 7.31. The largest absolute Gasteiger partial charge is 0.399 e. The molecular weight excluding hydrogens is 310 g/mol. The Hall–Kier alpha value is -2.56. The standard InChI is InChI=1S/C13H10ClN5OS/c14-10-5-9(16)1-2-11(10)19-12(20)8(6-15)7-18-13-17-3-4-21-13/h1-5,7H,16H2,(H,17,18)(H,19,20)/b8-7-. The summed E-state index contributed by atoms with van der Waals surface area (Å²) in [6.07, 6.45) is 2.90. The molecule has 21 heavy (non-hydrogen) atoms. The van der Waals surface area contributed by atoms with E-state index in [0.717, 1.165) is 0 Å². The molecule has 0 bridgehead atoms. The first-order valence-electron chi connectivity index (χ1n) is 5.73. The highest BCUT2D eigenvalue weighted by molar-refractivity contribution is 7.13. The predicted molar refractivity (Wildman–Crippen MR) is 83.9 cm³/mol. The first-order valence-corrected chi connectivity index (χ1v) is 6.98. The Morgan fingerprint density at radius 1 is 1.52 bits per heavy atom. The number of halogens is 1. The van der Waals surface area contributed by atoms with Crippen LogP contribution in [0.25, 0.3) is 0 Å². The van der Waals surface area contributed by atoms with Crippen LogP contribution in [-0.4, -0.2) is 10.9 Å². The van der Waals surface area contributed by atoms with E-state index in [1.807, 2.05) is 6.07 Å². The fourth-order valence-corrected chi connectivity index (χ4v) is 2.14. The van der Waals surface area contributed by atoms with Crippen LogP contribution in [0.5, 0.6) is 0 Å². The number of hydrogen-bond donors (Lipinski definition) is 3. The molecule has 0 aliphatic carbocycles. The maximum absolute atomic E-state index is 12.0. The molecule has 2 rings (SSSR count). The lowest BCUT2D eigenvalue weighted by Gasteiger charge is -2.07. The Kier molecular flexibility index (Phi) is 4.77. The minimum absolute atomic E-state index is 0.0990. The first kappa shape index (κ1) is 14.8. The van der Waals surface area contributed by atoms with Crippen molar-refractivity contribution >= 4 is 45.4 Å². The van der Waals surface area contributed by atoms with Crippen LogP contribution in [0.4, 0.5) is 16.5 Å². The Labute approximate surface area is 129 Å². The average Bonchev–Trinajstić information content (AvgIpc) is 2.96. The molecule has 1 heterocycles. The molecule has 1 amide bonds. The minimum Gasteiger partial charge on any atom is -0.399 e. The number of anilines is 3. The summed E-state index contributed by atoms with van der Waals surface area (Å²) in [4.78, 5) is 16.0. The van der Waals surface area contributed by atoms with Gasteiger partial charge >= 0.3 is 0 Å². The van der Waals surface area contributed by atoms with E-state index in [4.69, 9.17) is 22.6 Å². The number of carbonyl (C=O) groups is 1. The molecule has 0 aliphatic rings. The lowest BCUT2D eigenvalue weighted by atomic mass is 10.2. The lowest BCUT2D eigenvalue weighted by molar-refractivity contribution is -0.112. The highest BCUT2D eigenvalue weighted by Gasteiger charge is 2.11. The molecule has 106 valence electrons. The number of benzene rings is 1. The van der Waals surface area contributed by atoms with E-state index in [1.165, 1.54) is 23.6 Å². The number of nitrogens with one attached hydrogen (secondary N) is 2. The van der Waals surface area contributed by atoms with Crippen molar-refractivity contribution in [1.82, 2.24) is 4.98 Å². The van der Waals surface area contributed by atoms with Crippen molar-refractivity contribution in [2.75, 3.05) is 16.4 Å². The number of amides is 1. The number of hydrogen-bond acceptors (Lipinski definition) is 6. The van der Waals surface area contributed by atoms with E-state index in [0.29, 0.717) is 21.5 Å². The number of thiazole rings is 1. The fraction of sp³-hybridized carbons (Fsp3) is 0. The van der Waals surface area contributed by atoms with Gasteiger partial charge in [-0.1, -0.05) is 11.6 Å². The zero-order chi connectivity index (χ0) is 15.2. The van der Waals surface area contributed by atoms with Gasteiger partial charge in [0.15, 0.2) is 5.13 Å². The highest BCUT2D eigenvalue weighted by Crippen LogP contribution is 2.24. The van der Waals surface area contributed by atoms with Gasteiger partial charge in [-0.25, -0.2) is 4.98 Å². The normalized spacial score (nSPS) is 10.8. The van der Waals surface area contributed by atoms with Crippen LogP contribution in [-0.2, 0) is 4.79 Å². The van der Waals surface area contributed by atoms with Gasteiger partial charge in [-0.15, -0.1) is 11.3 Å². The molecule has 4 N–H and O–H groups in total. The fourth-order valence-electron chi connectivity index (χ4n) is 1.40. The maximum atomic E-state index is 12.0. The maximum Gasteiger partial charge on any atom is 0.267 e. The zero-order valence-corrected chi connectivity index (χ0v) is 12.2. The molecule has 0 atom stereocenters. The summed E-state index contributed by atoms with van der Waals surface area (Å²) in [5, 5.41) is 17.0. The molecular formula is C13H10ClN5OS. The van der Waals surface area contributed by atoms with Gasteiger partial charge in [0, 0.05) is 23.5 Å². The van der Waals surface area contributed by atoms with E-state index in [-0.39, 0.29) is 5.57 Å². The third-order valence-electron chi connectivity index (χ3n) is 2.38. The number of nitrogen functional groups attached to an aromatic ring is 1. The topological polar surface area (TPSA) is 104 Å². The van der Waals surface area contributed by atoms with E-state index < -0.39 is 5.91 Å². The summed E-state index contributed by atoms with van der Waals surface area (Å²) in [5.41, 5.74) is 6.34. The highest BCUT2D eigenvalue weighted by atomic mass is 35.5. The summed E-state index contributed by atoms with van der Waals surface area (Å²) in [7, 11) is 0. The van der Waals surface area contributed by atoms with Gasteiger partial charge < -0.3 is 16.4 Å². The molecule has 0 saturated heterocycles. The third-order valence-corrected chi connectivity index (χ3v) is 3.40. The Bertz CT molecular complexity index is 721. The quantitative estimate of drug-likeness (QED) is 0.456. The van der Waals surface area contributed by atoms with E-state index >= 15 is 0 Å². The van der Waals surface area contributed by atoms with Gasteiger partial charge in [0.05, 0.1) is 10.7 Å². The van der Waals surface area contributed by atoms with Crippen molar-refractivity contribution in [2.45, 2.75) is 0 Å². The van der Waals surface area contributed by atoms with Crippen LogP contribution in [0.2, 0.25) is 5.02 Å². The second-order valence-electron chi connectivity index (χ2n) is 3.84. The lowest BCUT2D eigenvalue weighted by Crippen LogP contribution is -2.15. The van der Waals surface area contributed by atoms with Gasteiger partial charge in [0.25, 0.3) is 5.91 Å². The number of nitrogens with zero attached hydrogens (tertiary/aromatic N) is 2. The predicted octanol–water partition coefficient (Wildman–Crippen LogP) is 2.84. The van der Waals surface area contributed by atoms with Crippen molar-refractivity contribution in [2.24, 2.45) is 0 Å². The molecule has 8 heteroatoms. The monoisotopic (exact) mass is 319 g/mol. The Morgan fingerprint density at radius 3 is 2.95 bits per heavy atom.